The molecule has 0 saturated heterocycles. The SMILES string of the molecule is CN(CC(=O)NCCNC(=O)c1ccccc1)C(=O)c1ccccc1. The van der Waals surface area contributed by atoms with Crippen LogP contribution < -0.4 is 10.6 Å². The van der Waals surface area contributed by atoms with Gasteiger partial charge in [-0.1, -0.05) is 36.4 Å². The smallest absolute Gasteiger partial charge is 0.254 e. The summed E-state index contributed by atoms with van der Waals surface area (Å²) in [7, 11) is 1.58. The van der Waals surface area contributed by atoms with E-state index < -0.39 is 0 Å². The summed E-state index contributed by atoms with van der Waals surface area (Å²) < 4.78 is 0. The van der Waals surface area contributed by atoms with Crippen molar-refractivity contribution in [1.29, 1.82) is 0 Å². The van der Waals surface area contributed by atoms with E-state index >= 15 is 0 Å². The molecule has 6 nitrogen and oxygen atoms in total. The standard InChI is InChI=1S/C19H21N3O3/c1-22(19(25)16-10-6-3-7-11-16)14-17(23)20-12-13-21-18(24)15-8-4-2-5-9-15/h2-11H,12-14H2,1H3,(H,20,23)(H,21,24). The summed E-state index contributed by atoms with van der Waals surface area (Å²) in [5, 5.41) is 5.40. The summed E-state index contributed by atoms with van der Waals surface area (Å²) in [6.45, 7) is 0.570. The molecule has 3 amide bonds. The maximum absolute atomic E-state index is 12.1. The summed E-state index contributed by atoms with van der Waals surface area (Å²) in [6.07, 6.45) is 0. The lowest BCUT2D eigenvalue weighted by Gasteiger charge is -2.17. The molecule has 25 heavy (non-hydrogen) atoms. The predicted molar refractivity (Wildman–Crippen MR) is 95.2 cm³/mol. The Kier molecular flexibility index (Phi) is 6.71. The number of rotatable bonds is 7. The number of nitrogens with one attached hydrogen (secondary N) is 2. The minimum Gasteiger partial charge on any atom is -0.353 e. The number of hydrogen-bond donors (Lipinski definition) is 2. The molecule has 130 valence electrons. The molecule has 0 aliphatic heterocycles. The normalized spacial score (nSPS) is 9.96. The fraction of sp³-hybridized carbons (Fsp3) is 0.211. The molecule has 2 rings (SSSR count). The number of benzene rings is 2. The minimum atomic E-state index is -0.277. The van der Waals surface area contributed by atoms with E-state index in [4.69, 9.17) is 0 Å². The second-order valence-electron chi connectivity index (χ2n) is 5.50. The van der Waals surface area contributed by atoms with E-state index in [-0.39, 0.29) is 24.3 Å². The first kappa shape index (κ1) is 18.2. The van der Waals surface area contributed by atoms with E-state index in [2.05, 4.69) is 10.6 Å². The van der Waals surface area contributed by atoms with Crippen LogP contribution >= 0.6 is 0 Å². The Morgan fingerprint density at radius 1 is 0.800 bits per heavy atom. The van der Waals surface area contributed by atoms with Crippen molar-refractivity contribution >= 4 is 17.7 Å². The van der Waals surface area contributed by atoms with Crippen molar-refractivity contribution in [1.82, 2.24) is 15.5 Å². The monoisotopic (exact) mass is 339 g/mol. The number of amides is 3. The molecule has 0 aliphatic carbocycles. The number of likely N-dealkylation sites (N-methyl/N-ethyl adjacent to an activating group) is 1. The van der Waals surface area contributed by atoms with Gasteiger partial charge in [0.1, 0.15) is 0 Å². The molecule has 2 N–H and O–H groups in total. The van der Waals surface area contributed by atoms with Gasteiger partial charge in [0.15, 0.2) is 0 Å². The van der Waals surface area contributed by atoms with Crippen LogP contribution in [0.2, 0.25) is 0 Å². The van der Waals surface area contributed by atoms with Crippen molar-refractivity contribution in [3.63, 3.8) is 0 Å². The number of nitrogens with zero attached hydrogens (tertiary/aromatic N) is 1. The molecule has 0 bridgehead atoms. The fourth-order valence-corrected chi connectivity index (χ4v) is 2.21. The third-order valence-corrected chi connectivity index (χ3v) is 3.52. The van der Waals surface area contributed by atoms with Crippen molar-refractivity contribution in [2.24, 2.45) is 0 Å². The largest absolute Gasteiger partial charge is 0.353 e. The summed E-state index contributed by atoms with van der Waals surface area (Å²) >= 11 is 0. The zero-order valence-corrected chi connectivity index (χ0v) is 14.1. The van der Waals surface area contributed by atoms with Gasteiger partial charge in [-0.2, -0.15) is 0 Å². The predicted octanol–water partition coefficient (Wildman–Crippen LogP) is 1.30. The highest BCUT2D eigenvalue weighted by atomic mass is 16.2. The Morgan fingerprint density at radius 3 is 1.92 bits per heavy atom. The van der Waals surface area contributed by atoms with Crippen LogP contribution in [0.1, 0.15) is 20.7 Å². The molecular weight excluding hydrogens is 318 g/mol. The van der Waals surface area contributed by atoms with Gasteiger partial charge in [0.2, 0.25) is 5.91 Å². The van der Waals surface area contributed by atoms with Gasteiger partial charge >= 0.3 is 0 Å². The minimum absolute atomic E-state index is 0.0413. The lowest BCUT2D eigenvalue weighted by molar-refractivity contribution is -0.121. The van der Waals surface area contributed by atoms with Crippen LogP contribution in [0.25, 0.3) is 0 Å². The van der Waals surface area contributed by atoms with Crippen LogP contribution in [0.5, 0.6) is 0 Å². The fourth-order valence-electron chi connectivity index (χ4n) is 2.21. The van der Waals surface area contributed by atoms with E-state index in [0.29, 0.717) is 24.2 Å². The zero-order valence-electron chi connectivity index (χ0n) is 14.1. The lowest BCUT2D eigenvalue weighted by Crippen LogP contribution is -2.41. The maximum Gasteiger partial charge on any atom is 0.254 e. The van der Waals surface area contributed by atoms with E-state index in [1.165, 1.54) is 4.90 Å². The Hall–Kier alpha value is -3.15. The van der Waals surface area contributed by atoms with Crippen LogP contribution in [0, 0.1) is 0 Å². The third-order valence-electron chi connectivity index (χ3n) is 3.52. The van der Waals surface area contributed by atoms with Crippen molar-refractivity contribution in [2.45, 2.75) is 0 Å². The quantitative estimate of drug-likeness (QED) is 0.747. The second kappa shape index (κ2) is 9.22. The highest BCUT2D eigenvalue weighted by molar-refractivity contribution is 5.96. The summed E-state index contributed by atoms with van der Waals surface area (Å²) in [6, 6.07) is 17.6. The van der Waals surface area contributed by atoms with Crippen LogP contribution in [0.15, 0.2) is 60.7 Å². The number of carbonyl (C=O) groups excluding carboxylic acids is 3. The summed E-state index contributed by atoms with van der Waals surface area (Å²) in [4.78, 5) is 37.2. The van der Waals surface area contributed by atoms with Crippen LogP contribution in [0.4, 0.5) is 0 Å². The summed E-state index contributed by atoms with van der Waals surface area (Å²) in [5.41, 5.74) is 1.11. The van der Waals surface area contributed by atoms with E-state index in [1.807, 2.05) is 12.1 Å². The van der Waals surface area contributed by atoms with Gasteiger partial charge in [-0.3, -0.25) is 14.4 Å². The molecule has 0 radical (unpaired) electrons. The second-order valence-corrected chi connectivity index (χ2v) is 5.50. The van der Waals surface area contributed by atoms with Crippen molar-refractivity contribution < 1.29 is 14.4 Å². The van der Waals surface area contributed by atoms with Crippen molar-refractivity contribution in [3.8, 4) is 0 Å². The molecule has 2 aromatic carbocycles. The van der Waals surface area contributed by atoms with E-state index in [9.17, 15) is 14.4 Å². The number of carbonyl (C=O) groups is 3. The highest BCUT2D eigenvalue weighted by Gasteiger charge is 2.14. The Morgan fingerprint density at radius 2 is 1.32 bits per heavy atom. The van der Waals surface area contributed by atoms with Gasteiger partial charge < -0.3 is 15.5 Å². The molecule has 0 unspecified atom stereocenters. The van der Waals surface area contributed by atoms with Gasteiger partial charge in [0.25, 0.3) is 11.8 Å². The third kappa shape index (κ3) is 5.76. The first-order valence-corrected chi connectivity index (χ1v) is 7.98. The highest BCUT2D eigenvalue weighted by Crippen LogP contribution is 2.02. The molecule has 0 atom stereocenters. The van der Waals surface area contributed by atoms with Crippen LogP contribution in [0.3, 0.4) is 0 Å². The maximum atomic E-state index is 12.1. The first-order chi connectivity index (χ1) is 12.1. The van der Waals surface area contributed by atoms with Crippen molar-refractivity contribution in [2.75, 3.05) is 26.7 Å². The van der Waals surface area contributed by atoms with E-state index in [1.54, 1.807) is 55.6 Å². The molecule has 0 saturated carbocycles. The van der Waals surface area contributed by atoms with Gasteiger partial charge in [0.05, 0.1) is 6.54 Å². The van der Waals surface area contributed by atoms with Crippen LogP contribution in [-0.4, -0.2) is 49.3 Å². The van der Waals surface area contributed by atoms with Gasteiger partial charge in [-0.05, 0) is 24.3 Å². The molecule has 2 aromatic rings. The molecule has 0 aromatic heterocycles. The molecule has 0 heterocycles. The Balaban J connectivity index is 1.68. The first-order valence-electron chi connectivity index (χ1n) is 7.98. The van der Waals surface area contributed by atoms with Crippen LogP contribution in [-0.2, 0) is 4.79 Å². The average Bonchev–Trinajstić information content (AvgIpc) is 2.65. The van der Waals surface area contributed by atoms with Gasteiger partial charge in [-0.25, -0.2) is 0 Å². The Bertz CT molecular complexity index is 717. The van der Waals surface area contributed by atoms with E-state index in [0.717, 1.165) is 0 Å². The molecule has 0 fully saturated rings. The summed E-state index contributed by atoms with van der Waals surface area (Å²) in [5.74, 6) is -0.680. The van der Waals surface area contributed by atoms with Gasteiger partial charge in [0, 0.05) is 31.3 Å². The number of hydrogen-bond acceptors (Lipinski definition) is 3. The Labute approximate surface area is 146 Å². The molecule has 0 aliphatic rings. The molecular formula is C19H21N3O3. The van der Waals surface area contributed by atoms with Gasteiger partial charge in [-0.15, -0.1) is 0 Å². The molecule has 6 heteroatoms. The lowest BCUT2D eigenvalue weighted by atomic mass is 10.2. The van der Waals surface area contributed by atoms with Crippen molar-refractivity contribution in [3.05, 3.63) is 71.8 Å². The average molecular weight is 339 g/mol. The zero-order chi connectivity index (χ0) is 18.1. The topological polar surface area (TPSA) is 78.5 Å². The molecule has 0 spiro atoms.